The molecule has 0 amide bonds. The number of pyridine rings is 3. The predicted octanol–water partition coefficient (Wildman–Crippen LogP) is 5.11. The van der Waals surface area contributed by atoms with Crippen LogP contribution in [0.5, 0.6) is 5.75 Å². The molecule has 0 N–H and O–H groups in total. The van der Waals surface area contributed by atoms with E-state index in [9.17, 15) is 5.26 Å². The Morgan fingerprint density at radius 3 is 2.65 bits per heavy atom. The second-order valence-corrected chi connectivity index (χ2v) is 11.0. The van der Waals surface area contributed by atoms with Gasteiger partial charge in [-0.15, -0.1) is 0 Å². The van der Waals surface area contributed by atoms with Crippen molar-refractivity contribution in [1.29, 1.82) is 5.26 Å². The summed E-state index contributed by atoms with van der Waals surface area (Å²) in [6, 6.07) is 13.6. The molecule has 0 aromatic carbocycles. The molecule has 0 saturated carbocycles. The Morgan fingerprint density at radius 1 is 1.15 bits per heavy atom. The van der Waals surface area contributed by atoms with Crippen LogP contribution in [0, 0.1) is 17.2 Å². The molecule has 3 atom stereocenters. The van der Waals surface area contributed by atoms with Crippen molar-refractivity contribution in [2.24, 2.45) is 5.92 Å². The number of piperazine rings is 1. The van der Waals surface area contributed by atoms with E-state index in [0.29, 0.717) is 23.6 Å². The molecular formula is C32H31N7O. The maximum absolute atomic E-state index is 9.78. The van der Waals surface area contributed by atoms with Gasteiger partial charge in [0.15, 0.2) is 0 Å². The number of nitrogens with zero attached hydrogens (tertiary/aromatic N) is 7. The van der Waals surface area contributed by atoms with E-state index >= 15 is 0 Å². The number of allylic oxidation sites excluding steroid dienone is 4. The van der Waals surface area contributed by atoms with E-state index in [1.54, 1.807) is 13.3 Å². The summed E-state index contributed by atoms with van der Waals surface area (Å²) in [7, 11) is 1.69. The molecule has 0 radical (unpaired) electrons. The monoisotopic (exact) mass is 529 g/mol. The van der Waals surface area contributed by atoms with Crippen LogP contribution in [0.4, 0.5) is 5.82 Å². The van der Waals surface area contributed by atoms with Gasteiger partial charge >= 0.3 is 0 Å². The number of anilines is 1. The lowest BCUT2D eigenvalue weighted by Gasteiger charge is -2.56. The number of aromatic nitrogens is 4. The summed E-state index contributed by atoms with van der Waals surface area (Å²) in [5.41, 5.74) is 8.15. The molecule has 8 rings (SSSR count). The standard InChI is InChI=1S/C32H31N7O/c1-4-28(29-9-20(29)2)22-10-30(32-23(13-33)15-36-39(32)16-22)21-5-6-31(35-14-21)37-18-25-12-26(19-37)38(25)17-24-11-27(40-3)7-8-34-24/h4-11,14-16,25-26,29H,12,17-19H2,1-3H3/b28-4-. The largest absolute Gasteiger partial charge is 0.497 e. The van der Waals surface area contributed by atoms with Crippen molar-refractivity contribution in [2.75, 3.05) is 25.1 Å². The fraction of sp³-hybridized carbons (Fsp3) is 0.312. The number of hydrogen-bond donors (Lipinski definition) is 0. The Balaban J connectivity index is 1.13. The van der Waals surface area contributed by atoms with Crippen molar-refractivity contribution in [3.8, 4) is 22.9 Å². The third-order valence-electron chi connectivity index (χ3n) is 8.62. The van der Waals surface area contributed by atoms with Crippen LogP contribution in [-0.2, 0) is 6.54 Å². The van der Waals surface area contributed by atoms with Gasteiger partial charge in [-0.1, -0.05) is 17.7 Å². The van der Waals surface area contributed by atoms with E-state index in [1.165, 1.54) is 17.6 Å². The molecule has 7 heterocycles. The van der Waals surface area contributed by atoms with E-state index in [-0.39, 0.29) is 0 Å². The van der Waals surface area contributed by atoms with Gasteiger partial charge in [0.2, 0.25) is 0 Å². The Bertz CT molecular complexity index is 1700. The Kier molecular flexibility index (Phi) is 5.90. The van der Waals surface area contributed by atoms with Gasteiger partial charge in [0.1, 0.15) is 17.6 Å². The number of rotatable bonds is 7. The van der Waals surface area contributed by atoms with E-state index in [1.807, 2.05) is 35.2 Å². The van der Waals surface area contributed by atoms with Crippen molar-refractivity contribution in [3.63, 3.8) is 0 Å². The molecule has 4 aromatic rings. The van der Waals surface area contributed by atoms with Crippen molar-refractivity contribution >= 4 is 16.9 Å². The molecule has 1 aliphatic carbocycles. The molecule has 3 unspecified atom stereocenters. The number of piperidine rings is 1. The summed E-state index contributed by atoms with van der Waals surface area (Å²) in [5, 5.41) is 14.3. The summed E-state index contributed by atoms with van der Waals surface area (Å²) in [5.74, 6) is 2.22. The van der Waals surface area contributed by atoms with Gasteiger partial charge in [-0.05, 0) is 55.7 Å². The van der Waals surface area contributed by atoms with E-state index < -0.39 is 0 Å². The van der Waals surface area contributed by atoms with Crippen molar-refractivity contribution in [2.45, 2.75) is 38.9 Å². The molecule has 3 aliphatic heterocycles. The van der Waals surface area contributed by atoms with Crippen molar-refractivity contribution in [1.82, 2.24) is 24.5 Å². The summed E-state index contributed by atoms with van der Waals surface area (Å²) in [6.45, 7) is 6.99. The first-order valence-corrected chi connectivity index (χ1v) is 13.8. The van der Waals surface area contributed by atoms with Gasteiger partial charge in [-0.2, -0.15) is 10.4 Å². The lowest BCUT2D eigenvalue weighted by atomic mass is 9.87. The third kappa shape index (κ3) is 4.14. The summed E-state index contributed by atoms with van der Waals surface area (Å²) in [4.78, 5) is 14.4. The predicted molar refractivity (Wildman–Crippen MR) is 155 cm³/mol. The second-order valence-electron chi connectivity index (χ2n) is 11.0. The Morgan fingerprint density at radius 2 is 1.98 bits per heavy atom. The van der Waals surface area contributed by atoms with Crippen LogP contribution >= 0.6 is 0 Å². The fourth-order valence-corrected chi connectivity index (χ4v) is 6.38. The minimum atomic E-state index is 0.381. The molecule has 40 heavy (non-hydrogen) atoms. The molecule has 3 fully saturated rings. The molecule has 0 spiro atoms. The first-order valence-electron chi connectivity index (χ1n) is 13.8. The molecule has 8 heteroatoms. The number of nitriles is 1. The van der Waals surface area contributed by atoms with E-state index in [2.05, 4.69) is 70.2 Å². The highest BCUT2D eigenvalue weighted by atomic mass is 16.5. The minimum absolute atomic E-state index is 0.381. The molecule has 2 bridgehead atoms. The minimum Gasteiger partial charge on any atom is -0.497 e. The van der Waals surface area contributed by atoms with Gasteiger partial charge in [-0.25, -0.2) is 9.50 Å². The van der Waals surface area contributed by atoms with Crippen LogP contribution in [0.2, 0.25) is 0 Å². The maximum Gasteiger partial charge on any atom is 0.128 e. The van der Waals surface area contributed by atoms with Gasteiger partial charge in [0, 0.05) is 73.4 Å². The molecule has 4 aromatic heterocycles. The van der Waals surface area contributed by atoms with Crippen LogP contribution in [0.25, 0.3) is 22.2 Å². The zero-order valence-corrected chi connectivity index (χ0v) is 23.0. The number of ether oxygens (including phenoxy) is 1. The van der Waals surface area contributed by atoms with Crippen LogP contribution in [0.15, 0.2) is 72.8 Å². The van der Waals surface area contributed by atoms with Gasteiger partial charge in [0.05, 0.1) is 30.1 Å². The highest BCUT2D eigenvalue weighted by molar-refractivity contribution is 5.88. The lowest BCUT2D eigenvalue weighted by molar-refractivity contribution is -0.00972. The smallest absolute Gasteiger partial charge is 0.128 e. The second kappa shape index (κ2) is 9.61. The topological polar surface area (TPSA) is 82.6 Å². The van der Waals surface area contributed by atoms with E-state index in [4.69, 9.17) is 9.72 Å². The quantitative estimate of drug-likeness (QED) is 0.308. The van der Waals surface area contributed by atoms with Crippen LogP contribution < -0.4 is 9.64 Å². The molecule has 200 valence electrons. The van der Waals surface area contributed by atoms with Crippen LogP contribution in [0.1, 0.15) is 37.1 Å². The summed E-state index contributed by atoms with van der Waals surface area (Å²) >= 11 is 0. The molecule has 3 saturated heterocycles. The molecule has 4 aliphatic rings. The highest BCUT2D eigenvalue weighted by Gasteiger charge is 2.44. The first kappa shape index (κ1) is 24.6. The van der Waals surface area contributed by atoms with Crippen molar-refractivity contribution in [3.05, 3.63) is 89.7 Å². The average molecular weight is 530 g/mol. The van der Waals surface area contributed by atoms with Crippen LogP contribution in [0.3, 0.4) is 0 Å². The number of hydrogen-bond acceptors (Lipinski definition) is 7. The zero-order valence-electron chi connectivity index (χ0n) is 23.0. The third-order valence-corrected chi connectivity index (χ3v) is 8.62. The van der Waals surface area contributed by atoms with Gasteiger partial charge in [-0.3, -0.25) is 9.88 Å². The number of fused-ring (bicyclic) bond motifs is 3. The van der Waals surface area contributed by atoms with Gasteiger partial charge in [0.25, 0.3) is 0 Å². The normalized spacial score (nSPS) is 22.1. The van der Waals surface area contributed by atoms with Crippen LogP contribution in [-0.4, -0.2) is 56.8 Å². The Labute approximate surface area is 233 Å². The zero-order chi connectivity index (χ0) is 27.4. The van der Waals surface area contributed by atoms with E-state index in [0.717, 1.165) is 59.1 Å². The molecular weight excluding hydrogens is 498 g/mol. The SMILES string of the molecule is C/C=C(/c1cc(-c2ccc(N3CC4CC(C3)N4Cc3cc(OC)ccn3)nc2)c2c(C#N)cnn2c1)C1C=C1C. The highest BCUT2D eigenvalue weighted by Crippen LogP contribution is 2.42. The molecule has 8 nitrogen and oxygen atoms in total. The fourth-order valence-electron chi connectivity index (χ4n) is 6.38. The summed E-state index contributed by atoms with van der Waals surface area (Å²) in [6.07, 6.45) is 13.1. The Hall–Kier alpha value is -4.48. The van der Waals surface area contributed by atoms with Gasteiger partial charge < -0.3 is 9.64 Å². The van der Waals surface area contributed by atoms with Crippen molar-refractivity contribution < 1.29 is 4.74 Å². The maximum atomic E-state index is 9.78. The first-order chi connectivity index (χ1) is 19.6. The lowest BCUT2D eigenvalue weighted by Crippen LogP contribution is -2.68. The number of methoxy groups -OCH3 is 1. The average Bonchev–Trinajstić information content (AvgIpc) is 3.56. The summed E-state index contributed by atoms with van der Waals surface area (Å²) < 4.78 is 7.21.